The van der Waals surface area contributed by atoms with Crippen molar-refractivity contribution in [1.29, 1.82) is 5.26 Å². The fraction of sp³-hybridized carbons (Fsp3) is 0.182. The molecule has 0 aromatic heterocycles. The summed E-state index contributed by atoms with van der Waals surface area (Å²) in [5.74, 6) is -1.76. The van der Waals surface area contributed by atoms with Gasteiger partial charge in [-0.05, 0) is 48.9 Å². The van der Waals surface area contributed by atoms with E-state index in [4.69, 9.17) is 14.6 Å². The normalized spacial score (nSPS) is 10.5. The Labute approximate surface area is 178 Å². The molecule has 160 valence electrons. The van der Waals surface area contributed by atoms with Crippen molar-refractivity contribution in [3.8, 4) is 17.6 Å². The van der Waals surface area contributed by atoms with Gasteiger partial charge in [-0.15, -0.1) is 0 Å². The van der Waals surface area contributed by atoms with Crippen molar-refractivity contribution in [2.24, 2.45) is 0 Å². The molecule has 0 saturated heterocycles. The topological polar surface area (TPSA) is 135 Å². The molecule has 9 heteroatoms. The molecule has 9 nitrogen and oxygen atoms in total. The Bertz CT molecular complexity index is 1050. The molecule has 0 aliphatic heterocycles. The number of nitriles is 1. The van der Waals surface area contributed by atoms with Gasteiger partial charge in [0.25, 0.3) is 5.91 Å². The molecule has 0 spiro atoms. The summed E-state index contributed by atoms with van der Waals surface area (Å²) >= 11 is 0. The highest BCUT2D eigenvalue weighted by Crippen LogP contribution is 2.29. The molecule has 0 unspecified atom stereocenters. The van der Waals surface area contributed by atoms with Crippen molar-refractivity contribution < 1.29 is 33.7 Å². The van der Waals surface area contributed by atoms with Gasteiger partial charge in [-0.1, -0.05) is 12.1 Å². The standard InChI is InChI=1S/C22H20N2O7/c1-3-30-19-10-14(7-8-18(19)31-13-20(25)29-2)9-16(12-23)21(26)24-17-6-4-5-15(11-17)22(27)28/h4-11H,3,13H2,1-2H3,(H,24,26)(H,27,28). The minimum absolute atomic E-state index is 0.00388. The number of amides is 1. The Morgan fingerprint density at radius 3 is 2.55 bits per heavy atom. The number of aromatic carboxylic acids is 1. The highest BCUT2D eigenvalue weighted by atomic mass is 16.6. The minimum Gasteiger partial charge on any atom is -0.490 e. The number of carbonyl (C=O) groups excluding carboxylic acids is 2. The highest BCUT2D eigenvalue weighted by Gasteiger charge is 2.13. The van der Waals surface area contributed by atoms with Gasteiger partial charge in [0, 0.05) is 5.69 Å². The zero-order valence-electron chi connectivity index (χ0n) is 16.9. The van der Waals surface area contributed by atoms with Gasteiger partial charge in [-0.25, -0.2) is 9.59 Å². The minimum atomic E-state index is -1.13. The Kier molecular flexibility index (Phi) is 8.16. The highest BCUT2D eigenvalue weighted by molar-refractivity contribution is 6.10. The molecule has 0 atom stereocenters. The van der Waals surface area contributed by atoms with Crippen LogP contribution in [0.4, 0.5) is 5.69 Å². The van der Waals surface area contributed by atoms with Gasteiger partial charge >= 0.3 is 11.9 Å². The number of carboxylic acid groups (broad SMARTS) is 1. The van der Waals surface area contributed by atoms with E-state index in [0.717, 1.165) is 0 Å². The van der Waals surface area contributed by atoms with E-state index in [2.05, 4.69) is 10.1 Å². The summed E-state index contributed by atoms with van der Waals surface area (Å²) in [5, 5.41) is 20.9. The van der Waals surface area contributed by atoms with Crippen LogP contribution in [-0.4, -0.2) is 43.3 Å². The predicted molar refractivity (Wildman–Crippen MR) is 111 cm³/mol. The van der Waals surface area contributed by atoms with Crippen LogP contribution in [0.5, 0.6) is 11.5 Å². The van der Waals surface area contributed by atoms with E-state index in [9.17, 15) is 19.6 Å². The Morgan fingerprint density at radius 2 is 1.90 bits per heavy atom. The van der Waals surface area contributed by atoms with Crippen LogP contribution >= 0.6 is 0 Å². The molecule has 0 radical (unpaired) electrons. The maximum atomic E-state index is 12.5. The molecule has 2 N–H and O–H groups in total. The van der Waals surface area contributed by atoms with Crippen LogP contribution in [0.3, 0.4) is 0 Å². The molecule has 0 aliphatic carbocycles. The van der Waals surface area contributed by atoms with E-state index in [1.54, 1.807) is 25.1 Å². The van der Waals surface area contributed by atoms with Crippen LogP contribution in [0.1, 0.15) is 22.8 Å². The predicted octanol–water partition coefficient (Wildman–Crippen LogP) is 2.88. The van der Waals surface area contributed by atoms with Gasteiger partial charge in [-0.2, -0.15) is 5.26 Å². The maximum Gasteiger partial charge on any atom is 0.343 e. The first kappa shape index (κ1) is 23.0. The summed E-state index contributed by atoms with van der Waals surface area (Å²) in [7, 11) is 1.25. The molecule has 1 amide bonds. The number of carboxylic acids is 1. The molecule has 2 aromatic rings. The number of anilines is 1. The lowest BCUT2D eigenvalue weighted by Gasteiger charge is -2.12. The van der Waals surface area contributed by atoms with Crippen LogP contribution in [-0.2, 0) is 14.3 Å². The summed E-state index contributed by atoms with van der Waals surface area (Å²) in [5.41, 5.74) is 0.531. The molecule has 0 saturated carbocycles. The van der Waals surface area contributed by atoms with E-state index < -0.39 is 17.8 Å². The number of nitrogens with zero attached hydrogens (tertiary/aromatic N) is 1. The zero-order valence-corrected chi connectivity index (χ0v) is 16.9. The fourth-order valence-electron chi connectivity index (χ4n) is 2.44. The first-order valence-corrected chi connectivity index (χ1v) is 9.10. The third-order valence-corrected chi connectivity index (χ3v) is 3.88. The van der Waals surface area contributed by atoms with Crippen LogP contribution in [0, 0.1) is 11.3 Å². The van der Waals surface area contributed by atoms with E-state index in [0.29, 0.717) is 23.7 Å². The number of rotatable bonds is 9. The molecule has 0 aliphatic rings. The quantitative estimate of drug-likeness (QED) is 0.356. The van der Waals surface area contributed by atoms with E-state index >= 15 is 0 Å². The largest absolute Gasteiger partial charge is 0.490 e. The number of benzene rings is 2. The van der Waals surface area contributed by atoms with Crippen LogP contribution < -0.4 is 14.8 Å². The number of hydrogen-bond acceptors (Lipinski definition) is 7. The van der Waals surface area contributed by atoms with Gasteiger partial charge in [0.2, 0.25) is 0 Å². The SMILES string of the molecule is CCOc1cc(C=C(C#N)C(=O)Nc2cccc(C(=O)O)c2)ccc1OCC(=O)OC. The van der Waals surface area contributed by atoms with Gasteiger partial charge < -0.3 is 24.6 Å². The molecular formula is C22H20N2O7. The first-order valence-electron chi connectivity index (χ1n) is 9.10. The van der Waals surface area contributed by atoms with Gasteiger partial charge in [0.15, 0.2) is 18.1 Å². The lowest BCUT2D eigenvalue weighted by Crippen LogP contribution is -2.14. The average molecular weight is 424 g/mol. The van der Waals surface area contributed by atoms with Crippen LogP contribution in [0.25, 0.3) is 6.08 Å². The van der Waals surface area contributed by atoms with Crippen molar-refractivity contribution in [2.45, 2.75) is 6.92 Å². The summed E-state index contributed by atoms with van der Waals surface area (Å²) in [6.45, 7) is 1.80. The fourth-order valence-corrected chi connectivity index (χ4v) is 2.44. The summed E-state index contributed by atoms with van der Waals surface area (Å²) < 4.78 is 15.4. The number of carbonyl (C=O) groups is 3. The van der Waals surface area contributed by atoms with E-state index in [1.807, 2.05) is 6.07 Å². The third kappa shape index (κ3) is 6.61. The van der Waals surface area contributed by atoms with Gasteiger partial charge in [-0.3, -0.25) is 4.79 Å². The lowest BCUT2D eigenvalue weighted by molar-refractivity contribution is -0.142. The number of nitrogens with one attached hydrogen (secondary N) is 1. The number of methoxy groups -OCH3 is 1. The molecule has 2 aromatic carbocycles. The van der Waals surface area contributed by atoms with Gasteiger partial charge in [0.1, 0.15) is 11.6 Å². The van der Waals surface area contributed by atoms with Crippen molar-refractivity contribution in [3.63, 3.8) is 0 Å². The zero-order chi connectivity index (χ0) is 22.8. The molecular weight excluding hydrogens is 404 g/mol. The van der Waals surface area contributed by atoms with Crippen molar-refractivity contribution >= 4 is 29.6 Å². The van der Waals surface area contributed by atoms with Gasteiger partial charge in [0.05, 0.1) is 19.3 Å². The van der Waals surface area contributed by atoms with Crippen LogP contribution in [0.2, 0.25) is 0 Å². The molecule has 31 heavy (non-hydrogen) atoms. The van der Waals surface area contributed by atoms with E-state index in [-0.39, 0.29) is 23.4 Å². The second-order valence-corrected chi connectivity index (χ2v) is 6.01. The molecule has 0 bridgehead atoms. The summed E-state index contributed by atoms with van der Waals surface area (Å²) in [6, 6.07) is 12.2. The summed E-state index contributed by atoms with van der Waals surface area (Å²) in [6.07, 6.45) is 1.35. The Hall–Kier alpha value is -4.32. The smallest absolute Gasteiger partial charge is 0.343 e. The van der Waals surface area contributed by atoms with E-state index in [1.165, 1.54) is 37.5 Å². The van der Waals surface area contributed by atoms with Crippen LogP contribution in [0.15, 0.2) is 48.0 Å². The average Bonchev–Trinajstić information content (AvgIpc) is 2.76. The maximum absolute atomic E-state index is 12.5. The Balaban J connectivity index is 2.24. The number of hydrogen-bond donors (Lipinski definition) is 2. The van der Waals surface area contributed by atoms with Crippen molar-refractivity contribution in [1.82, 2.24) is 0 Å². The molecule has 2 rings (SSSR count). The lowest BCUT2D eigenvalue weighted by atomic mass is 10.1. The second kappa shape index (κ2) is 11.0. The Morgan fingerprint density at radius 1 is 1.13 bits per heavy atom. The third-order valence-electron chi connectivity index (χ3n) is 3.88. The molecule has 0 heterocycles. The summed E-state index contributed by atoms with van der Waals surface area (Å²) in [4.78, 5) is 34.8. The van der Waals surface area contributed by atoms with Crippen molar-refractivity contribution in [3.05, 3.63) is 59.2 Å². The number of ether oxygens (including phenoxy) is 3. The second-order valence-electron chi connectivity index (χ2n) is 6.01. The monoisotopic (exact) mass is 424 g/mol. The first-order chi connectivity index (χ1) is 14.9. The van der Waals surface area contributed by atoms with Crippen molar-refractivity contribution in [2.75, 3.05) is 25.6 Å². The molecule has 0 fully saturated rings. The number of esters is 1.